The molecule has 0 aliphatic carbocycles. The number of amidine groups is 1. The van der Waals surface area contributed by atoms with Crippen LogP contribution in [0.2, 0.25) is 10.0 Å². The van der Waals surface area contributed by atoms with Crippen LogP contribution in [0.25, 0.3) is 6.08 Å². The van der Waals surface area contributed by atoms with Gasteiger partial charge < -0.3 is 10.1 Å². The Morgan fingerprint density at radius 3 is 2.82 bits per heavy atom. The van der Waals surface area contributed by atoms with E-state index in [-0.39, 0.29) is 11.1 Å². The summed E-state index contributed by atoms with van der Waals surface area (Å²) in [7, 11) is 1.48. The smallest absolute Gasteiger partial charge is 0.286 e. The SMILES string of the molecule is CCC(=O)NC1=NC(=O)/C(=C/c2cc(Cl)cc(Cl)c2OC)S1. The molecule has 1 aliphatic rings. The van der Waals surface area contributed by atoms with Crippen LogP contribution in [0, 0.1) is 0 Å². The summed E-state index contributed by atoms with van der Waals surface area (Å²) in [6.07, 6.45) is 1.89. The molecule has 2 amide bonds. The number of aliphatic imine (C=N–C) groups is 1. The summed E-state index contributed by atoms with van der Waals surface area (Å²) < 4.78 is 5.22. The van der Waals surface area contributed by atoms with Gasteiger partial charge in [0.05, 0.1) is 17.0 Å². The normalized spacial score (nSPS) is 15.9. The first kappa shape index (κ1) is 16.9. The molecule has 5 nitrogen and oxygen atoms in total. The number of nitrogens with zero attached hydrogens (tertiary/aromatic N) is 1. The van der Waals surface area contributed by atoms with Gasteiger partial charge in [-0.1, -0.05) is 30.1 Å². The highest BCUT2D eigenvalue weighted by atomic mass is 35.5. The summed E-state index contributed by atoms with van der Waals surface area (Å²) in [4.78, 5) is 27.4. The number of nitrogens with one attached hydrogen (secondary N) is 1. The molecule has 0 fully saturated rings. The fraction of sp³-hybridized carbons (Fsp3) is 0.214. The first-order chi connectivity index (χ1) is 10.4. The molecule has 1 aromatic carbocycles. The molecular formula is C14H12Cl2N2O3S. The fourth-order valence-corrected chi connectivity index (χ4v) is 3.12. The van der Waals surface area contributed by atoms with Gasteiger partial charge in [0.15, 0.2) is 5.17 Å². The maximum atomic E-state index is 11.9. The molecule has 1 aliphatic heterocycles. The third-order valence-electron chi connectivity index (χ3n) is 2.72. The average molecular weight is 359 g/mol. The van der Waals surface area contributed by atoms with Gasteiger partial charge in [-0.3, -0.25) is 9.59 Å². The van der Waals surface area contributed by atoms with Crippen LogP contribution < -0.4 is 10.1 Å². The Morgan fingerprint density at radius 2 is 2.18 bits per heavy atom. The molecule has 0 bridgehead atoms. The van der Waals surface area contributed by atoms with Crippen molar-refractivity contribution in [2.75, 3.05) is 7.11 Å². The van der Waals surface area contributed by atoms with E-state index in [1.807, 2.05) is 0 Å². The lowest BCUT2D eigenvalue weighted by atomic mass is 10.2. The van der Waals surface area contributed by atoms with Gasteiger partial charge in [0.25, 0.3) is 5.91 Å². The van der Waals surface area contributed by atoms with Gasteiger partial charge in [-0.15, -0.1) is 0 Å². The molecule has 8 heteroatoms. The number of thioether (sulfide) groups is 1. The van der Waals surface area contributed by atoms with Gasteiger partial charge in [-0.2, -0.15) is 4.99 Å². The van der Waals surface area contributed by atoms with Crippen molar-refractivity contribution in [2.24, 2.45) is 4.99 Å². The van der Waals surface area contributed by atoms with Gasteiger partial charge in [0.1, 0.15) is 5.75 Å². The van der Waals surface area contributed by atoms with Crippen molar-refractivity contribution in [1.29, 1.82) is 0 Å². The monoisotopic (exact) mass is 358 g/mol. The number of ether oxygens (including phenoxy) is 1. The zero-order chi connectivity index (χ0) is 16.3. The Morgan fingerprint density at radius 1 is 1.45 bits per heavy atom. The highest BCUT2D eigenvalue weighted by molar-refractivity contribution is 8.18. The van der Waals surface area contributed by atoms with Crippen LogP contribution >= 0.6 is 35.0 Å². The minimum Gasteiger partial charge on any atom is -0.495 e. The molecule has 0 atom stereocenters. The highest BCUT2D eigenvalue weighted by Crippen LogP contribution is 2.36. The average Bonchev–Trinajstić information content (AvgIpc) is 2.78. The maximum Gasteiger partial charge on any atom is 0.286 e. The van der Waals surface area contributed by atoms with Crippen LogP contribution in [0.5, 0.6) is 5.75 Å². The van der Waals surface area contributed by atoms with Crippen molar-refractivity contribution in [3.05, 3.63) is 32.6 Å². The quantitative estimate of drug-likeness (QED) is 0.839. The zero-order valence-electron chi connectivity index (χ0n) is 11.8. The van der Waals surface area contributed by atoms with Crippen molar-refractivity contribution < 1.29 is 14.3 Å². The maximum absolute atomic E-state index is 11.9. The van der Waals surface area contributed by atoms with E-state index in [0.717, 1.165) is 11.8 Å². The van der Waals surface area contributed by atoms with E-state index in [4.69, 9.17) is 27.9 Å². The van der Waals surface area contributed by atoms with Crippen molar-refractivity contribution in [3.63, 3.8) is 0 Å². The number of carbonyl (C=O) groups excluding carboxylic acids is 2. The molecule has 0 unspecified atom stereocenters. The molecule has 1 N–H and O–H groups in total. The lowest BCUT2D eigenvalue weighted by Crippen LogP contribution is -2.26. The van der Waals surface area contributed by atoms with Crippen LogP contribution in [0.3, 0.4) is 0 Å². The number of carbonyl (C=O) groups is 2. The van der Waals surface area contributed by atoms with Crippen LogP contribution in [0.15, 0.2) is 22.0 Å². The van der Waals surface area contributed by atoms with Gasteiger partial charge in [0, 0.05) is 17.0 Å². The van der Waals surface area contributed by atoms with Crippen molar-refractivity contribution in [1.82, 2.24) is 5.32 Å². The second-order valence-electron chi connectivity index (χ2n) is 4.24. The molecule has 0 radical (unpaired) electrons. The number of rotatable bonds is 3. The highest BCUT2D eigenvalue weighted by Gasteiger charge is 2.23. The molecule has 0 saturated heterocycles. The molecule has 2 rings (SSSR count). The summed E-state index contributed by atoms with van der Waals surface area (Å²) in [6, 6.07) is 3.19. The van der Waals surface area contributed by atoms with Crippen molar-refractivity contribution in [2.45, 2.75) is 13.3 Å². The molecule has 1 heterocycles. The third-order valence-corrected chi connectivity index (χ3v) is 4.11. The minimum atomic E-state index is -0.436. The Kier molecular flexibility index (Phi) is 5.50. The number of hydrogen-bond acceptors (Lipinski definition) is 4. The van der Waals surface area contributed by atoms with Crippen LogP contribution in [0.4, 0.5) is 0 Å². The molecule has 0 aromatic heterocycles. The van der Waals surface area contributed by atoms with E-state index in [2.05, 4.69) is 10.3 Å². The first-order valence-corrected chi connectivity index (χ1v) is 7.87. The van der Waals surface area contributed by atoms with Crippen molar-refractivity contribution in [3.8, 4) is 5.75 Å². The van der Waals surface area contributed by atoms with Crippen LogP contribution in [-0.4, -0.2) is 24.1 Å². The van der Waals surface area contributed by atoms with Gasteiger partial charge in [-0.25, -0.2) is 0 Å². The van der Waals surface area contributed by atoms with Gasteiger partial charge >= 0.3 is 0 Å². The van der Waals surface area contributed by atoms with E-state index in [9.17, 15) is 9.59 Å². The second-order valence-corrected chi connectivity index (χ2v) is 6.12. The predicted octanol–water partition coefficient (Wildman–Crippen LogP) is 3.50. The van der Waals surface area contributed by atoms with E-state index in [1.54, 1.807) is 25.1 Å². The number of halogens is 2. The Hall–Kier alpha value is -1.50. The van der Waals surface area contributed by atoms with E-state index < -0.39 is 5.91 Å². The summed E-state index contributed by atoms with van der Waals surface area (Å²) in [5.41, 5.74) is 0.564. The molecule has 1 aromatic rings. The van der Waals surface area contributed by atoms with Crippen LogP contribution in [0.1, 0.15) is 18.9 Å². The van der Waals surface area contributed by atoms with Gasteiger partial charge in [-0.05, 0) is 30.0 Å². The lowest BCUT2D eigenvalue weighted by molar-refractivity contribution is -0.119. The standard InChI is InChI=1S/C14H12Cl2N2O3S/c1-3-11(19)17-14-18-13(20)10(22-14)5-7-4-8(15)6-9(16)12(7)21-2/h4-6H,3H2,1-2H3,(H,17,18,19,20)/b10-5-. The number of benzene rings is 1. The first-order valence-electron chi connectivity index (χ1n) is 6.30. The van der Waals surface area contributed by atoms with E-state index in [1.165, 1.54) is 7.11 Å². The Bertz CT molecular complexity index is 702. The molecule has 0 saturated carbocycles. The topological polar surface area (TPSA) is 67.8 Å². The Labute approximate surface area is 141 Å². The second kappa shape index (κ2) is 7.17. The third kappa shape index (κ3) is 3.82. The molecule has 0 spiro atoms. The summed E-state index contributed by atoms with van der Waals surface area (Å²) in [5, 5.41) is 3.58. The summed E-state index contributed by atoms with van der Waals surface area (Å²) in [6.45, 7) is 1.72. The molecular weight excluding hydrogens is 347 g/mol. The zero-order valence-corrected chi connectivity index (χ0v) is 14.1. The van der Waals surface area contributed by atoms with Crippen molar-refractivity contribution >= 4 is 58.0 Å². The predicted molar refractivity (Wildman–Crippen MR) is 89.5 cm³/mol. The number of hydrogen-bond donors (Lipinski definition) is 1. The minimum absolute atomic E-state index is 0.205. The number of methoxy groups -OCH3 is 1. The molecule has 116 valence electrons. The largest absolute Gasteiger partial charge is 0.495 e. The number of amides is 2. The molecule has 22 heavy (non-hydrogen) atoms. The van der Waals surface area contributed by atoms with E-state index in [0.29, 0.717) is 32.7 Å². The van der Waals surface area contributed by atoms with Crippen LogP contribution in [-0.2, 0) is 9.59 Å². The van der Waals surface area contributed by atoms with E-state index >= 15 is 0 Å². The van der Waals surface area contributed by atoms with Gasteiger partial charge in [0.2, 0.25) is 5.91 Å². The fourth-order valence-electron chi connectivity index (χ4n) is 1.71. The lowest BCUT2D eigenvalue weighted by Gasteiger charge is -2.08. The summed E-state index contributed by atoms with van der Waals surface area (Å²) >= 11 is 13.1. The Balaban J connectivity index is 2.29. The summed E-state index contributed by atoms with van der Waals surface area (Å²) in [5.74, 6) is -0.226.